The summed E-state index contributed by atoms with van der Waals surface area (Å²) in [6.07, 6.45) is 0. The van der Waals surface area contributed by atoms with Crippen LogP contribution < -0.4 is 9.47 Å². The van der Waals surface area contributed by atoms with Crippen molar-refractivity contribution in [2.75, 3.05) is 7.11 Å². The molecule has 13 heavy (non-hydrogen) atoms. The predicted molar refractivity (Wildman–Crippen MR) is 47.3 cm³/mol. The van der Waals surface area contributed by atoms with Gasteiger partial charge in [-0.2, -0.15) is 8.78 Å². The van der Waals surface area contributed by atoms with E-state index >= 15 is 0 Å². The van der Waals surface area contributed by atoms with Crippen molar-refractivity contribution in [3.05, 3.63) is 22.7 Å². The lowest BCUT2D eigenvalue weighted by Gasteiger charge is -2.07. The van der Waals surface area contributed by atoms with Crippen molar-refractivity contribution >= 4 is 15.9 Å². The van der Waals surface area contributed by atoms with Crippen molar-refractivity contribution in [3.8, 4) is 11.5 Å². The summed E-state index contributed by atoms with van der Waals surface area (Å²) in [6.45, 7) is -2.81. The van der Waals surface area contributed by atoms with Crippen LogP contribution in [0.2, 0.25) is 0 Å². The highest BCUT2D eigenvalue weighted by Crippen LogP contribution is 2.29. The first-order chi connectivity index (χ1) is 6.13. The molecule has 0 N–H and O–H groups in total. The first-order valence-electron chi connectivity index (χ1n) is 3.42. The lowest BCUT2D eigenvalue weighted by atomic mass is 10.3. The van der Waals surface area contributed by atoms with Crippen molar-refractivity contribution in [1.82, 2.24) is 0 Å². The lowest BCUT2D eigenvalue weighted by Crippen LogP contribution is -2.01. The van der Waals surface area contributed by atoms with Gasteiger partial charge in [0.05, 0.1) is 11.6 Å². The Morgan fingerprint density at radius 3 is 2.54 bits per heavy atom. The zero-order valence-electron chi connectivity index (χ0n) is 6.76. The van der Waals surface area contributed by atoms with E-state index < -0.39 is 6.61 Å². The monoisotopic (exact) mass is 252 g/mol. The minimum absolute atomic E-state index is 0.0997. The number of hydrogen-bond acceptors (Lipinski definition) is 2. The van der Waals surface area contributed by atoms with Gasteiger partial charge in [-0.05, 0) is 34.1 Å². The molecular weight excluding hydrogens is 246 g/mol. The standard InChI is InChI=1S/C8H7BrF2O2/c1-12-7-3-2-5(4-6(7)9)13-8(10)11/h2-4,8H,1H3. The number of rotatable bonds is 3. The number of benzene rings is 1. The lowest BCUT2D eigenvalue weighted by molar-refractivity contribution is -0.0499. The smallest absolute Gasteiger partial charge is 0.387 e. The van der Waals surface area contributed by atoms with Crippen LogP contribution in [0, 0.1) is 0 Å². The van der Waals surface area contributed by atoms with Gasteiger partial charge in [-0.15, -0.1) is 0 Å². The maximum Gasteiger partial charge on any atom is 0.387 e. The largest absolute Gasteiger partial charge is 0.496 e. The van der Waals surface area contributed by atoms with Crippen molar-refractivity contribution in [3.63, 3.8) is 0 Å². The summed E-state index contributed by atoms with van der Waals surface area (Å²) in [5.74, 6) is 0.671. The van der Waals surface area contributed by atoms with E-state index in [1.165, 1.54) is 19.2 Å². The topological polar surface area (TPSA) is 18.5 Å². The summed E-state index contributed by atoms with van der Waals surface area (Å²) in [6, 6.07) is 4.38. The van der Waals surface area contributed by atoms with Crippen LogP contribution in [0.1, 0.15) is 0 Å². The van der Waals surface area contributed by atoms with Gasteiger partial charge in [0.2, 0.25) is 0 Å². The third-order valence-electron chi connectivity index (χ3n) is 1.35. The molecule has 0 saturated heterocycles. The first-order valence-corrected chi connectivity index (χ1v) is 4.21. The molecule has 0 amide bonds. The molecule has 0 aliphatic carbocycles. The predicted octanol–water partition coefficient (Wildman–Crippen LogP) is 3.06. The van der Waals surface area contributed by atoms with E-state index in [9.17, 15) is 8.78 Å². The van der Waals surface area contributed by atoms with Crippen LogP contribution >= 0.6 is 15.9 Å². The highest BCUT2D eigenvalue weighted by atomic mass is 79.9. The summed E-state index contributed by atoms with van der Waals surface area (Å²) >= 11 is 3.15. The summed E-state index contributed by atoms with van der Waals surface area (Å²) < 4.78 is 33.2. The molecule has 0 heterocycles. The fourth-order valence-corrected chi connectivity index (χ4v) is 1.34. The molecule has 1 aromatic rings. The van der Waals surface area contributed by atoms with E-state index in [4.69, 9.17) is 4.74 Å². The van der Waals surface area contributed by atoms with Crippen molar-refractivity contribution < 1.29 is 18.3 Å². The molecule has 0 spiro atoms. The SMILES string of the molecule is COc1ccc(OC(F)F)cc1Br. The first kappa shape index (κ1) is 10.2. The van der Waals surface area contributed by atoms with Gasteiger partial charge in [-0.25, -0.2) is 0 Å². The number of methoxy groups -OCH3 is 1. The summed E-state index contributed by atoms with van der Waals surface area (Å²) in [7, 11) is 1.49. The van der Waals surface area contributed by atoms with Gasteiger partial charge < -0.3 is 9.47 Å². The summed E-state index contributed by atoms with van der Waals surface area (Å²) in [5, 5.41) is 0. The molecule has 72 valence electrons. The van der Waals surface area contributed by atoms with E-state index in [-0.39, 0.29) is 5.75 Å². The van der Waals surface area contributed by atoms with Crippen molar-refractivity contribution in [2.24, 2.45) is 0 Å². The van der Waals surface area contributed by atoms with Crippen LogP contribution in [-0.4, -0.2) is 13.7 Å². The number of hydrogen-bond donors (Lipinski definition) is 0. The fourth-order valence-electron chi connectivity index (χ4n) is 0.823. The average Bonchev–Trinajstić information content (AvgIpc) is 2.03. The molecule has 5 heteroatoms. The maximum absolute atomic E-state index is 11.8. The van der Waals surface area contributed by atoms with Crippen LogP contribution in [0.25, 0.3) is 0 Å². The van der Waals surface area contributed by atoms with Gasteiger partial charge >= 0.3 is 6.61 Å². The quantitative estimate of drug-likeness (QED) is 0.824. The van der Waals surface area contributed by atoms with Crippen LogP contribution in [0.15, 0.2) is 22.7 Å². The molecule has 0 radical (unpaired) electrons. The molecule has 2 nitrogen and oxygen atoms in total. The van der Waals surface area contributed by atoms with Crippen LogP contribution in [-0.2, 0) is 0 Å². The molecule has 1 rings (SSSR count). The van der Waals surface area contributed by atoms with Crippen LogP contribution in [0.5, 0.6) is 11.5 Å². The molecule has 0 fully saturated rings. The molecule has 0 aromatic heterocycles. The van der Waals surface area contributed by atoms with Gasteiger partial charge in [-0.1, -0.05) is 0 Å². The Hall–Kier alpha value is -0.840. The van der Waals surface area contributed by atoms with E-state index in [1.807, 2.05) is 0 Å². The Balaban J connectivity index is 2.83. The van der Waals surface area contributed by atoms with E-state index in [2.05, 4.69) is 20.7 Å². The number of alkyl halides is 2. The van der Waals surface area contributed by atoms with Crippen molar-refractivity contribution in [1.29, 1.82) is 0 Å². The summed E-state index contributed by atoms with van der Waals surface area (Å²) in [5.41, 5.74) is 0. The molecule has 0 bridgehead atoms. The van der Waals surface area contributed by atoms with Gasteiger partial charge in [0.15, 0.2) is 0 Å². The fraction of sp³-hybridized carbons (Fsp3) is 0.250. The second-order valence-electron chi connectivity index (χ2n) is 2.17. The second kappa shape index (κ2) is 4.41. The molecule has 1 aromatic carbocycles. The Morgan fingerprint density at radius 1 is 1.38 bits per heavy atom. The highest BCUT2D eigenvalue weighted by molar-refractivity contribution is 9.10. The Morgan fingerprint density at radius 2 is 2.08 bits per heavy atom. The number of halogens is 3. The van der Waals surface area contributed by atoms with E-state index in [0.717, 1.165) is 0 Å². The molecule has 0 atom stereocenters. The minimum atomic E-state index is -2.81. The van der Waals surface area contributed by atoms with E-state index in [1.54, 1.807) is 6.07 Å². The van der Waals surface area contributed by atoms with Crippen molar-refractivity contribution in [2.45, 2.75) is 6.61 Å². The second-order valence-corrected chi connectivity index (χ2v) is 3.03. The zero-order chi connectivity index (χ0) is 9.84. The van der Waals surface area contributed by atoms with Gasteiger partial charge in [0.25, 0.3) is 0 Å². The third-order valence-corrected chi connectivity index (χ3v) is 1.97. The summed E-state index contributed by atoms with van der Waals surface area (Å²) in [4.78, 5) is 0. The van der Waals surface area contributed by atoms with Crippen LogP contribution in [0.4, 0.5) is 8.78 Å². The third kappa shape index (κ3) is 2.84. The molecule has 0 aliphatic rings. The Labute approximate surface area is 82.6 Å². The molecular formula is C8H7BrF2O2. The average molecular weight is 253 g/mol. The molecule has 0 unspecified atom stereocenters. The normalized spacial score (nSPS) is 10.2. The van der Waals surface area contributed by atoms with E-state index in [0.29, 0.717) is 10.2 Å². The molecule has 0 saturated carbocycles. The molecule has 0 aliphatic heterocycles. The maximum atomic E-state index is 11.8. The Bertz CT molecular complexity index is 291. The van der Waals surface area contributed by atoms with Gasteiger partial charge in [-0.3, -0.25) is 0 Å². The zero-order valence-corrected chi connectivity index (χ0v) is 8.35. The highest BCUT2D eigenvalue weighted by Gasteiger charge is 2.06. The van der Waals surface area contributed by atoms with Gasteiger partial charge in [0.1, 0.15) is 11.5 Å². The Kier molecular flexibility index (Phi) is 3.48. The van der Waals surface area contributed by atoms with Crippen LogP contribution in [0.3, 0.4) is 0 Å². The minimum Gasteiger partial charge on any atom is -0.496 e. The number of ether oxygens (including phenoxy) is 2. The van der Waals surface area contributed by atoms with Gasteiger partial charge in [0, 0.05) is 0 Å².